The molecule has 1 saturated heterocycles. The fourth-order valence-corrected chi connectivity index (χ4v) is 2.15. The molecular weight excluding hydrogens is 242 g/mol. The fourth-order valence-electron chi connectivity index (χ4n) is 2.15. The second-order valence-electron chi connectivity index (χ2n) is 5.01. The van der Waals surface area contributed by atoms with E-state index >= 15 is 0 Å². The van der Waals surface area contributed by atoms with Gasteiger partial charge in [-0.15, -0.1) is 0 Å². The minimum atomic E-state index is -0.220. The number of benzene rings is 1. The van der Waals surface area contributed by atoms with Crippen LogP contribution >= 0.6 is 0 Å². The zero-order valence-corrected chi connectivity index (χ0v) is 11.2. The van der Waals surface area contributed by atoms with Gasteiger partial charge in [0.25, 0.3) is 0 Å². The van der Waals surface area contributed by atoms with Crippen LogP contribution in [0.1, 0.15) is 20.3 Å². The number of rotatable bonds is 3. The van der Waals surface area contributed by atoms with E-state index in [9.17, 15) is 9.59 Å². The summed E-state index contributed by atoms with van der Waals surface area (Å²) in [6, 6.07) is 9.24. The molecule has 1 aromatic carbocycles. The highest BCUT2D eigenvalue weighted by molar-refractivity contribution is 5.96. The normalized spacial score (nSPS) is 18.8. The topological polar surface area (TPSA) is 61.4 Å². The number of para-hydroxylation sites is 1. The Morgan fingerprint density at radius 1 is 1.32 bits per heavy atom. The molecule has 5 nitrogen and oxygen atoms in total. The second-order valence-corrected chi connectivity index (χ2v) is 5.01. The summed E-state index contributed by atoms with van der Waals surface area (Å²) in [6.45, 7) is 4.32. The van der Waals surface area contributed by atoms with Crippen LogP contribution in [-0.2, 0) is 4.79 Å². The van der Waals surface area contributed by atoms with E-state index in [1.54, 1.807) is 4.90 Å². The molecule has 0 aliphatic carbocycles. The van der Waals surface area contributed by atoms with Gasteiger partial charge in [0.05, 0.1) is 6.04 Å². The monoisotopic (exact) mass is 261 g/mol. The van der Waals surface area contributed by atoms with E-state index in [1.807, 2.05) is 44.2 Å². The summed E-state index contributed by atoms with van der Waals surface area (Å²) < 4.78 is 0. The summed E-state index contributed by atoms with van der Waals surface area (Å²) in [6.07, 6.45) is 0.348. The summed E-state index contributed by atoms with van der Waals surface area (Å²) in [7, 11) is 0. The summed E-state index contributed by atoms with van der Waals surface area (Å²) in [4.78, 5) is 25.3. The van der Waals surface area contributed by atoms with Gasteiger partial charge >= 0.3 is 6.03 Å². The zero-order valence-electron chi connectivity index (χ0n) is 11.2. The minimum Gasteiger partial charge on any atom is -0.336 e. The Kier molecular flexibility index (Phi) is 4.04. The van der Waals surface area contributed by atoms with Crippen molar-refractivity contribution in [3.8, 4) is 0 Å². The second kappa shape index (κ2) is 5.73. The van der Waals surface area contributed by atoms with Gasteiger partial charge in [-0.1, -0.05) is 18.2 Å². The first kappa shape index (κ1) is 13.4. The van der Waals surface area contributed by atoms with Crippen LogP contribution in [0.4, 0.5) is 10.5 Å². The van der Waals surface area contributed by atoms with E-state index in [4.69, 9.17) is 0 Å². The number of hydrogen-bond donors (Lipinski definition) is 2. The molecule has 0 radical (unpaired) electrons. The molecule has 2 rings (SSSR count). The minimum absolute atomic E-state index is 0.0426. The van der Waals surface area contributed by atoms with Gasteiger partial charge in [0.15, 0.2) is 0 Å². The number of carbonyl (C=O) groups excluding carboxylic acids is 2. The van der Waals surface area contributed by atoms with E-state index < -0.39 is 0 Å². The highest BCUT2D eigenvalue weighted by Crippen LogP contribution is 2.20. The number of nitrogens with zero attached hydrogens (tertiary/aromatic N) is 1. The van der Waals surface area contributed by atoms with Crippen molar-refractivity contribution in [2.45, 2.75) is 32.4 Å². The summed E-state index contributed by atoms with van der Waals surface area (Å²) >= 11 is 0. The first-order chi connectivity index (χ1) is 9.06. The van der Waals surface area contributed by atoms with E-state index in [0.717, 1.165) is 5.69 Å². The highest BCUT2D eigenvalue weighted by Gasteiger charge is 2.31. The van der Waals surface area contributed by atoms with Crippen LogP contribution in [-0.4, -0.2) is 30.6 Å². The van der Waals surface area contributed by atoms with Crippen molar-refractivity contribution in [2.24, 2.45) is 0 Å². The van der Waals surface area contributed by atoms with Crippen LogP contribution in [0, 0.1) is 0 Å². The molecule has 0 bridgehead atoms. The van der Waals surface area contributed by atoms with Crippen LogP contribution in [0.3, 0.4) is 0 Å². The molecule has 102 valence electrons. The Balaban J connectivity index is 1.94. The highest BCUT2D eigenvalue weighted by atomic mass is 16.2. The van der Waals surface area contributed by atoms with E-state index in [0.29, 0.717) is 13.0 Å². The van der Waals surface area contributed by atoms with Gasteiger partial charge in [-0.2, -0.15) is 0 Å². The third-order valence-electron chi connectivity index (χ3n) is 2.95. The van der Waals surface area contributed by atoms with Crippen molar-refractivity contribution in [3.05, 3.63) is 30.3 Å². The van der Waals surface area contributed by atoms with Gasteiger partial charge < -0.3 is 15.5 Å². The lowest BCUT2D eigenvalue weighted by Gasteiger charge is -2.17. The predicted octanol–water partition coefficient (Wildman–Crippen LogP) is 1.50. The third kappa shape index (κ3) is 3.47. The summed E-state index contributed by atoms with van der Waals surface area (Å²) in [5.41, 5.74) is 0.876. The van der Waals surface area contributed by atoms with Crippen LogP contribution < -0.4 is 15.5 Å². The first-order valence-corrected chi connectivity index (χ1v) is 6.48. The number of anilines is 1. The van der Waals surface area contributed by atoms with E-state index in [-0.39, 0.29) is 24.0 Å². The molecular formula is C14H19N3O2. The standard InChI is InChI=1S/C14H19N3O2/c1-10(2)15-14(19)16-11-8-13(18)17(9-11)12-6-4-3-5-7-12/h3-7,10-11H,8-9H2,1-2H3,(H2,15,16,19). The quantitative estimate of drug-likeness (QED) is 0.866. The van der Waals surface area contributed by atoms with Gasteiger partial charge in [-0.3, -0.25) is 4.79 Å². The Bertz CT molecular complexity index is 459. The molecule has 1 aromatic rings. The predicted molar refractivity (Wildman–Crippen MR) is 74.0 cm³/mol. The average molecular weight is 261 g/mol. The van der Waals surface area contributed by atoms with Gasteiger partial charge in [0.1, 0.15) is 0 Å². The van der Waals surface area contributed by atoms with Gasteiger partial charge in [0.2, 0.25) is 5.91 Å². The van der Waals surface area contributed by atoms with Crippen LogP contribution in [0.5, 0.6) is 0 Å². The van der Waals surface area contributed by atoms with E-state index in [2.05, 4.69) is 10.6 Å². The SMILES string of the molecule is CC(C)NC(=O)NC1CC(=O)N(c2ccccc2)C1. The number of urea groups is 1. The number of amides is 3. The lowest BCUT2D eigenvalue weighted by molar-refractivity contribution is -0.117. The molecule has 1 unspecified atom stereocenters. The molecule has 2 N–H and O–H groups in total. The molecule has 0 spiro atoms. The lowest BCUT2D eigenvalue weighted by atomic mass is 10.2. The van der Waals surface area contributed by atoms with Gasteiger partial charge in [-0.25, -0.2) is 4.79 Å². The number of nitrogens with one attached hydrogen (secondary N) is 2. The fraction of sp³-hybridized carbons (Fsp3) is 0.429. The van der Waals surface area contributed by atoms with Gasteiger partial charge in [0, 0.05) is 24.7 Å². The Morgan fingerprint density at radius 2 is 2.00 bits per heavy atom. The number of carbonyl (C=O) groups is 2. The third-order valence-corrected chi connectivity index (χ3v) is 2.95. The Morgan fingerprint density at radius 3 is 2.63 bits per heavy atom. The summed E-state index contributed by atoms with van der Waals surface area (Å²) in [5, 5.41) is 5.59. The Labute approximate surface area is 113 Å². The summed E-state index contributed by atoms with van der Waals surface area (Å²) in [5.74, 6) is 0.0426. The largest absolute Gasteiger partial charge is 0.336 e. The van der Waals surface area contributed by atoms with Crippen LogP contribution in [0.25, 0.3) is 0 Å². The molecule has 19 heavy (non-hydrogen) atoms. The maximum absolute atomic E-state index is 11.9. The first-order valence-electron chi connectivity index (χ1n) is 6.48. The van der Waals surface area contributed by atoms with Crippen LogP contribution in [0.15, 0.2) is 30.3 Å². The van der Waals surface area contributed by atoms with E-state index in [1.165, 1.54) is 0 Å². The Hall–Kier alpha value is -2.04. The maximum atomic E-state index is 11.9. The molecule has 0 saturated carbocycles. The van der Waals surface area contributed by atoms with Crippen molar-refractivity contribution >= 4 is 17.6 Å². The molecule has 1 atom stereocenters. The van der Waals surface area contributed by atoms with Crippen LogP contribution in [0.2, 0.25) is 0 Å². The average Bonchev–Trinajstić information content (AvgIpc) is 2.70. The molecule has 1 aliphatic heterocycles. The number of hydrogen-bond acceptors (Lipinski definition) is 2. The van der Waals surface area contributed by atoms with Crippen molar-refractivity contribution in [3.63, 3.8) is 0 Å². The van der Waals surface area contributed by atoms with Crippen molar-refractivity contribution in [1.29, 1.82) is 0 Å². The van der Waals surface area contributed by atoms with Gasteiger partial charge in [-0.05, 0) is 26.0 Å². The molecule has 3 amide bonds. The van der Waals surface area contributed by atoms with Crippen molar-refractivity contribution < 1.29 is 9.59 Å². The maximum Gasteiger partial charge on any atom is 0.315 e. The zero-order chi connectivity index (χ0) is 13.8. The van der Waals surface area contributed by atoms with Crippen molar-refractivity contribution in [1.82, 2.24) is 10.6 Å². The smallest absolute Gasteiger partial charge is 0.315 e. The molecule has 5 heteroatoms. The van der Waals surface area contributed by atoms with Crippen molar-refractivity contribution in [2.75, 3.05) is 11.4 Å². The molecule has 1 heterocycles. The molecule has 0 aromatic heterocycles. The molecule has 1 aliphatic rings. The molecule has 1 fully saturated rings. The lowest BCUT2D eigenvalue weighted by Crippen LogP contribution is -2.45.